The lowest BCUT2D eigenvalue weighted by molar-refractivity contribution is 0.317. The molecule has 1 aromatic carbocycles. The summed E-state index contributed by atoms with van der Waals surface area (Å²) in [5.41, 5.74) is 3.06. The molecule has 2 nitrogen and oxygen atoms in total. The van der Waals surface area contributed by atoms with E-state index in [9.17, 15) is 0 Å². The number of fused-ring (bicyclic) bond motifs is 1. The molecule has 0 saturated heterocycles. The predicted octanol–water partition coefficient (Wildman–Crippen LogP) is 3.22. The van der Waals surface area contributed by atoms with Gasteiger partial charge in [0, 0.05) is 12.5 Å². The molecule has 0 saturated carbocycles. The van der Waals surface area contributed by atoms with Crippen molar-refractivity contribution in [3.63, 3.8) is 0 Å². The first-order valence-corrected chi connectivity index (χ1v) is 7.13. The Hall–Kier alpha value is -1.54. The van der Waals surface area contributed by atoms with Gasteiger partial charge in [-0.1, -0.05) is 24.3 Å². The summed E-state index contributed by atoms with van der Waals surface area (Å²) in [5.74, 6) is 1.78. The molecule has 1 heterocycles. The third-order valence-corrected chi connectivity index (χ3v) is 4.33. The summed E-state index contributed by atoms with van der Waals surface area (Å²) in [6, 6.07) is 13.4. The van der Waals surface area contributed by atoms with Crippen molar-refractivity contribution >= 4 is 0 Å². The summed E-state index contributed by atoms with van der Waals surface area (Å²) >= 11 is 0. The van der Waals surface area contributed by atoms with E-state index < -0.39 is 0 Å². The highest BCUT2D eigenvalue weighted by Crippen LogP contribution is 2.28. The van der Waals surface area contributed by atoms with Gasteiger partial charge in [0.05, 0.1) is 6.26 Å². The lowest BCUT2D eigenvalue weighted by Crippen LogP contribution is -2.38. The van der Waals surface area contributed by atoms with Crippen molar-refractivity contribution < 1.29 is 4.42 Å². The number of nitrogens with one attached hydrogen (secondary N) is 1. The SMILES string of the molecule is CNC(Cc1ccco1)C1CCc2ccccc2C1. The van der Waals surface area contributed by atoms with Crippen LogP contribution in [0.15, 0.2) is 47.1 Å². The van der Waals surface area contributed by atoms with Crippen molar-refractivity contribution in [1.29, 1.82) is 0 Å². The van der Waals surface area contributed by atoms with Gasteiger partial charge in [-0.15, -0.1) is 0 Å². The van der Waals surface area contributed by atoms with Crippen molar-refractivity contribution in [3.8, 4) is 0 Å². The van der Waals surface area contributed by atoms with Crippen LogP contribution in [0.4, 0.5) is 0 Å². The van der Waals surface area contributed by atoms with Gasteiger partial charge in [-0.2, -0.15) is 0 Å². The Labute approximate surface area is 114 Å². The number of likely N-dealkylation sites (N-methyl/N-ethyl adjacent to an activating group) is 1. The van der Waals surface area contributed by atoms with Gasteiger partial charge in [0.15, 0.2) is 0 Å². The topological polar surface area (TPSA) is 25.2 Å². The van der Waals surface area contributed by atoms with E-state index in [0.717, 1.165) is 12.2 Å². The van der Waals surface area contributed by atoms with Crippen LogP contribution in [-0.4, -0.2) is 13.1 Å². The maximum atomic E-state index is 5.49. The Morgan fingerprint density at radius 2 is 2.05 bits per heavy atom. The van der Waals surface area contributed by atoms with E-state index in [1.54, 1.807) is 6.26 Å². The molecule has 2 atom stereocenters. The molecule has 0 radical (unpaired) electrons. The van der Waals surface area contributed by atoms with E-state index in [1.165, 1.54) is 30.4 Å². The molecule has 0 aliphatic heterocycles. The molecule has 2 unspecified atom stereocenters. The van der Waals surface area contributed by atoms with Crippen LogP contribution >= 0.6 is 0 Å². The fourth-order valence-electron chi connectivity index (χ4n) is 3.22. The molecule has 1 N–H and O–H groups in total. The predicted molar refractivity (Wildman–Crippen MR) is 77.2 cm³/mol. The van der Waals surface area contributed by atoms with E-state index in [0.29, 0.717) is 12.0 Å². The molecule has 0 spiro atoms. The summed E-state index contributed by atoms with van der Waals surface area (Å²) in [7, 11) is 2.06. The first-order chi connectivity index (χ1) is 9.36. The molecule has 2 aromatic rings. The molecule has 0 bridgehead atoms. The molecule has 19 heavy (non-hydrogen) atoms. The second-order valence-corrected chi connectivity index (χ2v) is 5.45. The van der Waals surface area contributed by atoms with E-state index >= 15 is 0 Å². The molecule has 1 aliphatic rings. The minimum atomic E-state index is 0.500. The van der Waals surface area contributed by atoms with Crippen LogP contribution in [0.5, 0.6) is 0 Å². The number of furan rings is 1. The van der Waals surface area contributed by atoms with Crippen LogP contribution < -0.4 is 5.32 Å². The number of rotatable bonds is 4. The van der Waals surface area contributed by atoms with Gasteiger partial charge in [-0.25, -0.2) is 0 Å². The van der Waals surface area contributed by atoms with E-state index in [1.807, 2.05) is 6.07 Å². The highest BCUT2D eigenvalue weighted by atomic mass is 16.3. The average Bonchev–Trinajstić information content (AvgIpc) is 2.97. The highest BCUT2D eigenvalue weighted by molar-refractivity contribution is 5.30. The zero-order valence-electron chi connectivity index (χ0n) is 11.4. The molecule has 100 valence electrons. The monoisotopic (exact) mass is 255 g/mol. The van der Waals surface area contributed by atoms with E-state index in [-0.39, 0.29) is 0 Å². The lowest BCUT2D eigenvalue weighted by Gasteiger charge is -2.31. The Kier molecular flexibility index (Phi) is 3.69. The Balaban J connectivity index is 1.72. The van der Waals surface area contributed by atoms with Crippen LogP contribution in [0.1, 0.15) is 23.3 Å². The summed E-state index contributed by atoms with van der Waals surface area (Å²) < 4.78 is 5.49. The number of aryl methyl sites for hydroxylation is 1. The summed E-state index contributed by atoms with van der Waals surface area (Å²) in [5, 5.41) is 3.48. The number of hydrogen-bond acceptors (Lipinski definition) is 2. The molecule has 0 fully saturated rings. The normalized spacial score (nSPS) is 19.9. The Morgan fingerprint density at radius 1 is 1.21 bits per heavy atom. The van der Waals surface area contributed by atoms with Crippen LogP contribution in [0.2, 0.25) is 0 Å². The molecular formula is C17H21NO. The van der Waals surface area contributed by atoms with E-state index in [4.69, 9.17) is 4.42 Å². The minimum Gasteiger partial charge on any atom is -0.469 e. The van der Waals surface area contributed by atoms with Crippen molar-refractivity contribution in [3.05, 3.63) is 59.5 Å². The minimum absolute atomic E-state index is 0.500. The lowest BCUT2D eigenvalue weighted by atomic mass is 9.79. The van der Waals surface area contributed by atoms with Gasteiger partial charge < -0.3 is 9.73 Å². The van der Waals surface area contributed by atoms with Crippen LogP contribution in [-0.2, 0) is 19.3 Å². The summed E-state index contributed by atoms with van der Waals surface area (Å²) in [6.45, 7) is 0. The van der Waals surface area contributed by atoms with Gasteiger partial charge in [-0.3, -0.25) is 0 Å². The standard InChI is InChI=1S/C17H21NO/c1-18-17(12-16-7-4-10-19-16)15-9-8-13-5-2-3-6-14(13)11-15/h2-7,10,15,17-18H,8-9,11-12H2,1H3. The van der Waals surface area contributed by atoms with Gasteiger partial charge in [-0.05, 0) is 55.5 Å². The third kappa shape index (κ3) is 2.74. The van der Waals surface area contributed by atoms with Crippen molar-refractivity contribution in [1.82, 2.24) is 5.32 Å². The molecular weight excluding hydrogens is 234 g/mol. The van der Waals surface area contributed by atoms with Crippen LogP contribution in [0.3, 0.4) is 0 Å². The van der Waals surface area contributed by atoms with Gasteiger partial charge in [0.1, 0.15) is 5.76 Å². The first kappa shape index (κ1) is 12.5. The fraction of sp³-hybridized carbons (Fsp3) is 0.412. The largest absolute Gasteiger partial charge is 0.469 e. The molecule has 0 amide bonds. The van der Waals surface area contributed by atoms with Crippen molar-refractivity contribution in [2.75, 3.05) is 7.05 Å². The van der Waals surface area contributed by atoms with Crippen LogP contribution in [0, 0.1) is 5.92 Å². The van der Waals surface area contributed by atoms with Gasteiger partial charge in [0.2, 0.25) is 0 Å². The summed E-state index contributed by atoms with van der Waals surface area (Å²) in [6.07, 6.45) is 6.40. The highest BCUT2D eigenvalue weighted by Gasteiger charge is 2.25. The summed E-state index contributed by atoms with van der Waals surface area (Å²) in [4.78, 5) is 0. The van der Waals surface area contributed by atoms with Gasteiger partial charge >= 0.3 is 0 Å². The third-order valence-electron chi connectivity index (χ3n) is 4.33. The number of benzene rings is 1. The Bertz CT molecular complexity index is 518. The maximum Gasteiger partial charge on any atom is 0.105 e. The second kappa shape index (κ2) is 5.62. The van der Waals surface area contributed by atoms with E-state index in [2.05, 4.69) is 42.7 Å². The quantitative estimate of drug-likeness (QED) is 0.907. The smallest absolute Gasteiger partial charge is 0.105 e. The molecule has 1 aromatic heterocycles. The fourth-order valence-corrected chi connectivity index (χ4v) is 3.22. The Morgan fingerprint density at radius 3 is 2.79 bits per heavy atom. The molecule has 3 rings (SSSR count). The second-order valence-electron chi connectivity index (χ2n) is 5.45. The van der Waals surface area contributed by atoms with Gasteiger partial charge in [0.25, 0.3) is 0 Å². The van der Waals surface area contributed by atoms with Crippen LogP contribution in [0.25, 0.3) is 0 Å². The molecule has 2 heteroatoms. The zero-order valence-corrected chi connectivity index (χ0v) is 11.4. The maximum absolute atomic E-state index is 5.49. The van der Waals surface area contributed by atoms with Crippen molar-refractivity contribution in [2.45, 2.75) is 31.7 Å². The zero-order chi connectivity index (χ0) is 13.1. The van der Waals surface area contributed by atoms with Crippen molar-refractivity contribution in [2.24, 2.45) is 5.92 Å². The first-order valence-electron chi connectivity index (χ1n) is 7.13. The molecule has 1 aliphatic carbocycles. The number of hydrogen-bond donors (Lipinski definition) is 1. The average molecular weight is 255 g/mol.